The van der Waals surface area contributed by atoms with Crippen LogP contribution in [0.15, 0.2) is 0 Å². The summed E-state index contributed by atoms with van der Waals surface area (Å²) in [4.78, 5) is 0. The normalized spacial score (nSPS) is 43.8. The molecular weight excluding hydrogens is 180 g/mol. The molecule has 0 N–H and O–H groups in total. The van der Waals surface area contributed by atoms with Crippen LogP contribution in [0.5, 0.6) is 0 Å². The van der Waals surface area contributed by atoms with Gasteiger partial charge in [-0.15, -0.1) is 0 Å². The average Bonchev–Trinajstić information content (AvgIpc) is 2.84. The summed E-state index contributed by atoms with van der Waals surface area (Å²) in [5, 5.41) is 0. The van der Waals surface area contributed by atoms with E-state index in [4.69, 9.17) is 0 Å². The van der Waals surface area contributed by atoms with Gasteiger partial charge in [0, 0.05) is 0 Å². The zero-order chi connectivity index (χ0) is 10.8. The third-order valence-corrected chi connectivity index (χ3v) is 5.32. The molecule has 2 aliphatic rings. The Morgan fingerprint density at radius 2 is 1.67 bits per heavy atom. The zero-order valence-electron chi connectivity index (χ0n) is 10.8. The van der Waals surface area contributed by atoms with E-state index in [1.54, 1.807) is 12.8 Å². The molecule has 88 valence electrons. The molecule has 0 saturated heterocycles. The van der Waals surface area contributed by atoms with Crippen LogP contribution in [0.2, 0.25) is 0 Å². The Bertz CT molecular complexity index is 196. The van der Waals surface area contributed by atoms with Crippen LogP contribution in [0.3, 0.4) is 0 Å². The number of hydrogen-bond donors (Lipinski definition) is 0. The Morgan fingerprint density at radius 1 is 0.933 bits per heavy atom. The molecule has 0 aromatic carbocycles. The molecule has 0 heteroatoms. The summed E-state index contributed by atoms with van der Waals surface area (Å²) >= 11 is 0. The molecule has 5 atom stereocenters. The van der Waals surface area contributed by atoms with Gasteiger partial charge in [0.15, 0.2) is 0 Å². The third kappa shape index (κ3) is 2.57. The number of rotatable bonds is 6. The lowest BCUT2D eigenvalue weighted by atomic mass is 9.72. The first-order valence-electron chi connectivity index (χ1n) is 7.24. The quantitative estimate of drug-likeness (QED) is 0.583. The predicted octanol–water partition coefficient (Wildman–Crippen LogP) is 4.89. The van der Waals surface area contributed by atoms with Crippen molar-refractivity contribution in [1.29, 1.82) is 0 Å². The summed E-state index contributed by atoms with van der Waals surface area (Å²) in [7, 11) is 0. The van der Waals surface area contributed by atoms with Gasteiger partial charge in [0.25, 0.3) is 0 Å². The van der Waals surface area contributed by atoms with Gasteiger partial charge in [-0.3, -0.25) is 0 Å². The van der Waals surface area contributed by atoms with E-state index in [0.29, 0.717) is 0 Å². The molecule has 0 radical (unpaired) electrons. The zero-order valence-corrected chi connectivity index (χ0v) is 10.8. The summed E-state index contributed by atoms with van der Waals surface area (Å²) in [6.07, 6.45) is 10.5. The minimum Gasteiger partial charge on any atom is -0.0654 e. The largest absolute Gasteiger partial charge is 0.0654 e. The van der Waals surface area contributed by atoms with Crippen molar-refractivity contribution < 1.29 is 0 Å². The summed E-state index contributed by atoms with van der Waals surface area (Å²) in [5.74, 6) is 5.44. The van der Waals surface area contributed by atoms with Gasteiger partial charge in [-0.1, -0.05) is 40.0 Å². The predicted molar refractivity (Wildman–Crippen MR) is 66.8 cm³/mol. The molecule has 2 saturated carbocycles. The molecule has 15 heavy (non-hydrogen) atoms. The Kier molecular flexibility index (Phi) is 3.74. The van der Waals surface area contributed by atoms with Crippen molar-refractivity contribution in [3.05, 3.63) is 0 Å². The lowest BCUT2D eigenvalue weighted by Gasteiger charge is -2.34. The standard InChI is InChI=1S/C15H28/c1-4-5-6-14-12(3)15(14)10-9-13-8-7-11(13)2/h11-15H,4-10H2,1-3H3. The molecule has 0 spiro atoms. The van der Waals surface area contributed by atoms with Crippen molar-refractivity contribution >= 4 is 0 Å². The van der Waals surface area contributed by atoms with Crippen LogP contribution in [0, 0.1) is 29.6 Å². The van der Waals surface area contributed by atoms with Crippen LogP contribution < -0.4 is 0 Å². The Hall–Kier alpha value is 0. The van der Waals surface area contributed by atoms with E-state index in [-0.39, 0.29) is 0 Å². The Morgan fingerprint density at radius 3 is 2.20 bits per heavy atom. The minimum atomic E-state index is 1.05. The van der Waals surface area contributed by atoms with E-state index in [1.807, 2.05) is 0 Å². The third-order valence-electron chi connectivity index (χ3n) is 5.32. The molecule has 5 unspecified atom stereocenters. The fraction of sp³-hybridized carbons (Fsp3) is 1.00. The van der Waals surface area contributed by atoms with Crippen LogP contribution in [-0.2, 0) is 0 Å². The summed E-state index contributed by atoms with van der Waals surface area (Å²) in [6.45, 7) is 7.24. The van der Waals surface area contributed by atoms with Crippen LogP contribution >= 0.6 is 0 Å². The lowest BCUT2D eigenvalue weighted by Crippen LogP contribution is -2.22. The molecule has 0 aromatic heterocycles. The van der Waals surface area contributed by atoms with Gasteiger partial charge in [-0.05, 0) is 55.3 Å². The lowest BCUT2D eigenvalue weighted by molar-refractivity contribution is 0.176. The van der Waals surface area contributed by atoms with Gasteiger partial charge in [-0.2, -0.15) is 0 Å². The number of unbranched alkanes of at least 4 members (excludes halogenated alkanes) is 1. The van der Waals surface area contributed by atoms with Crippen LogP contribution in [0.1, 0.15) is 65.7 Å². The van der Waals surface area contributed by atoms with Gasteiger partial charge in [0.2, 0.25) is 0 Å². The van der Waals surface area contributed by atoms with Crippen molar-refractivity contribution in [2.45, 2.75) is 65.7 Å². The van der Waals surface area contributed by atoms with Gasteiger partial charge in [-0.25, -0.2) is 0 Å². The highest BCUT2D eigenvalue weighted by atomic mass is 14.5. The number of hydrogen-bond acceptors (Lipinski definition) is 0. The minimum absolute atomic E-state index is 1.05. The Labute approximate surface area is 95.8 Å². The smallest absolute Gasteiger partial charge is 0.0355 e. The molecule has 2 rings (SSSR count). The van der Waals surface area contributed by atoms with Crippen molar-refractivity contribution in [2.24, 2.45) is 29.6 Å². The highest BCUT2D eigenvalue weighted by molar-refractivity contribution is 4.94. The first-order valence-corrected chi connectivity index (χ1v) is 7.24. The monoisotopic (exact) mass is 208 g/mol. The van der Waals surface area contributed by atoms with Gasteiger partial charge < -0.3 is 0 Å². The summed E-state index contributed by atoms with van der Waals surface area (Å²) in [5.41, 5.74) is 0. The second kappa shape index (κ2) is 4.89. The summed E-state index contributed by atoms with van der Waals surface area (Å²) < 4.78 is 0. The molecule has 2 aliphatic carbocycles. The van der Waals surface area contributed by atoms with Crippen molar-refractivity contribution in [3.8, 4) is 0 Å². The van der Waals surface area contributed by atoms with E-state index in [2.05, 4.69) is 20.8 Å². The van der Waals surface area contributed by atoms with Gasteiger partial charge >= 0.3 is 0 Å². The van der Waals surface area contributed by atoms with Crippen LogP contribution in [0.4, 0.5) is 0 Å². The second-order valence-corrected chi connectivity index (χ2v) is 6.22. The molecule has 0 heterocycles. The fourth-order valence-corrected chi connectivity index (χ4v) is 3.60. The molecule has 2 fully saturated rings. The Balaban J connectivity index is 1.60. The van der Waals surface area contributed by atoms with E-state index < -0.39 is 0 Å². The SMILES string of the molecule is CCCCC1C(C)C1CCC1CCC1C. The van der Waals surface area contributed by atoms with E-state index >= 15 is 0 Å². The van der Waals surface area contributed by atoms with E-state index in [9.17, 15) is 0 Å². The molecule has 0 aromatic rings. The first-order chi connectivity index (χ1) is 7.24. The van der Waals surface area contributed by atoms with Gasteiger partial charge in [0.05, 0.1) is 0 Å². The fourth-order valence-electron chi connectivity index (χ4n) is 3.60. The average molecular weight is 208 g/mol. The maximum absolute atomic E-state index is 2.48. The molecule has 0 amide bonds. The second-order valence-electron chi connectivity index (χ2n) is 6.22. The van der Waals surface area contributed by atoms with Crippen molar-refractivity contribution in [2.75, 3.05) is 0 Å². The highest BCUT2D eigenvalue weighted by Crippen LogP contribution is 2.53. The maximum Gasteiger partial charge on any atom is -0.0355 e. The molecular formula is C15H28. The topological polar surface area (TPSA) is 0 Å². The van der Waals surface area contributed by atoms with Crippen LogP contribution in [-0.4, -0.2) is 0 Å². The molecule has 0 nitrogen and oxygen atoms in total. The van der Waals surface area contributed by atoms with Crippen molar-refractivity contribution in [1.82, 2.24) is 0 Å². The van der Waals surface area contributed by atoms with E-state index in [1.165, 1.54) is 32.1 Å². The maximum atomic E-state index is 2.48. The highest BCUT2D eigenvalue weighted by Gasteiger charge is 2.45. The van der Waals surface area contributed by atoms with E-state index in [0.717, 1.165) is 29.6 Å². The van der Waals surface area contributed by atoms with Crippen molar-refractivity contribution in [3.63, 3.8) is 0 Å². The van der Waals surface area contributed by atoms with Crippen LogP contribution in [0.25, 0.3) is 0 Å². The molecule has 0 bridgehead atoms. The first kappa shape index (κ1) is 11.5. The molecule has 0 aliphatic heterocycles. The summed E-state index contributed by atoms with van der Waals surface area (Å²) in [6, 6.07) is 0. The van der Waals surface area contributed by atoms with Gasteiger partial charge in [0.1, 0.15) is 0 Å².